The van der Waals surface area contributed by atoms with E-state index < -0.39 is 0 Å². The molecule has 0 aromatic carbocycles. The van der Waals surface area contributed by atoms with Crippen molar-refractivity contribution in [2.24, 2.45) is 0 Å². The van der Waals surface area contributed by atoms with E-state index in [1.807, 2.05) is 18.3 Å². The minimum atomic E-state index is -0.112. The van der Waals surface area contributed by atoms with Crippen LogP contribution < -0.4 is 0 Å². The van der Waals surface area contributed by atoms with Crippen LogP contribution in [0.3, 0.4) is 0 Å². The molecule has 0 saturated heterocycles. The number of halogens is 1. The molecule has 0 N–H and O–H groups in total. The molecule has 0 atom stereocenters. The van der Waals surface area contributed by atoms with Gasteiger partial charge in [-0.05, 0) is 24.1 Å². The molecule has 0 radical (unpaired) electrons. The summed E-state index contributed by atoms with van der Waals surface area (Å²) >= 11 is 6.10. The van der Waals surface area contributed by atoms with Crippen molar-refractivity contribution >= 4 is 11.6 Å². The van der Waals surface area contributed by atoms with Gasteiger partial charge in [-0.25, -0.2) is 9.97 Å². The predicted octanol–water partition coefficient (Wildman–Crippen LogP) is 3.98. The fraction of sp³-hybridized carbons (Fsp3) is 0.438. The van der Waals surface area contributed by atoms with Gasteiger partial charge in [-0.2, -0.15) is 0 Å². The van der Waals surface area contributed by atoms with Crippen LogP contribution in [0.4, 0.5) is 0 Å². The molecule has 2 rings (SSSR count). The monoisotopic (exact) mass is 289 g/mol. The second kappa shape index (κ2) is 5.88. The van der Waals surface area contributed by atoms with Crippen LogP contribution in [0, 0.1) is 0 Å². The van der Waals surface area contributed by atoms with E-state index in [-0.39, 0.29) is 5.41 Å². The second-order valence-corrected chi connectivity index (χ2v) is 6.33. The van der Waals surface area contributed by atoms with Crippen LogP contribution in [0.25, 0.3) is 0 Å². The number of hydrogen-bond acceptors (Lipinski definition) is 3. The summed E-state index contributed by atoms with van der Waals surface area (Å²) in [6.45, 7) is 8.36. The van der Waals surface area contributed by atoms with Crippen molar-refractivity contribution in [2.75, 3.05) is 0 Å². The predicted molar refractivity (Wildman–Crippen MR) is 82.2 cm³/mol. The number of nitrogens with zero attached hydrogens (tertiary/aromatic N) is 3. The quantitative estimate of drug-likeness (QED) is 0.802. The van der Waals surface area contributed by atoms with Crippen LogP contribution in [-0.4, -0.2) is 15.0 Å². The SMILES string of the molecule is CCc1ccc(Cc2cc(Cl)nc(C(C)(C)C)n2)nc1. The first-order valence-corrected chi connectivity index (χ1v) is 7.24. The Kier molecular flexibility index (Phi) is 4.39. The summed E-state index contributed by atoms with van der Waals surface area (Å²) in [5.41, 5.74) is 3.03. The first-order chi connectivity index (χ1) is 9.38. The Morgan fingerprint density at radius 3 is 2.40 bits per heavy atom. The van der Waals surface area contributed by atoms with Crippen LogP contribution in [0.5, 0.6) is 0 Å². The summed E-state index contributed by atoms with van der Waals surface area (Å²) in [6.07, 6.45) is 3.60. The van der Waals surface area contributed by atoms with E-state index >= 15 is 0 Å². The van der Waals surface area contributed by atoms with Crippen molar-refractivity contribution in [1.29, 1.82) is 0 Å². The second-order valence-electron chi connectivity index (χ2n) is 5.94. The van der Waals surface area contributed by atoms with Crippen molar-refractivity contribution < 1.29 is 0 Å². The van der Waals surface area contributed by atoms with Gasteiger partial charge in [0.05, 0.1) is 5.69 Å². The molecule has 106 valence electrons. The molecule has 0 saturated carbocycles. The third-order valence-corrected chi connectivity index (χ3v) is 3.27. The summed E-state index contributed by atoms with van der Waals surface area (Å²) in [7, 11) is 0. The maximum atomic E-state index is 6.10. The van der Waals surface area contributed by atoms with E-state index in [2.05, 4.69) is 48.7 Å². The summed E-state index contributed by atoms with van der Waals surface area (Å²) in [6, 6.07) is 5.97. The van der Waals surface area contributed by atoms with Gasteiger partial charge in [-0.1, -0.05) is 45.4 Å². The highest BCUT2D eigenvalue weighted by Gasteiger charge is 2.18. The Labute approximate surface area is 125 Å². The van der Waals surface area contributed by atoms with Gasteiger partial charge in [0.1, 0.15) is 11.0 Å². The Bertz CT molecular complexity index is 586. The molecule has 2 aromatic rings. The van der Waals surface area contributed by atoms with Gasteiger partial charge in [-0.15, -0.1) is 0 Å². The molecule has 0 bridgehead atoms. The van der Waals surface area contributed by atoms with Gasteiger partial charge >= 0.3 is 0 Å². The van der Waals surface area contributed by atoms with Gasteiger partial charge in [0.2, 0.25) is 0 Å². The summed E-state index contributed by atoms with van der Waals surface area (Å²) in [5, 5.41) is 0.491. The largest absolute Gasteiger partial charge is 0.261 e. The molecule has 0 amide bonds. The number of pyridine rings is 1. The molecular formula is C16H20ClN3. The minimum absolute atomic E-state index is 0.112. The topological polar surface area (TPSA) is 38.7 Å². The van der Waals surface area contributed by atoms with Crippen LogP contribution in [0.1, 0.15) is 50.5 Å². The fourth-order valence-electron chi connectivity index (χ4n) is 1.84. The Hall–Kier alpha value is -1.48. The number of aryl methyl sites for hydroxylation is 1. The lowest BCUT2D eigenvalue weighted by atomic mass is 9.95. The summed E-state index contributed by atoms with van der Waals surface area (Å²) in [5.74, 6) is 0.769. The van der Waals surface area contributed by atoms with Crippen molar-refractivity contribution in [3.8, 4) is 0 Å². The van der Waals surface area contributed by atoms with Gasteiger partial charge < -0.3 is 0 Å². The Balaban J connectivity index is 2.26. The average Bonchev–Trinajstić information content (AvgIpc) is 2.38. The molecule has 0 spiro atoms. The lowest BCUT2D eigenvalue weighted by molar-refractivity contribution is 0.542. The van der Waals surface area contributed by atoms with E-state index in [1.165, 1.54) is 5.56 Å². The number of hydrogen-bond donors (Lipinski definition) is 0. The first kappa shape index (κ1) is 14.9. The lowest BCUT2D eigenvalue weighted by Crippen LogP contribution is -2.17. The summed E-state index contributed by atoms with van der Waals surface area (Å²) in [4.78, 5) is 13.4. The zero-order valence-corrected chi connectivity index (χ0v) is 13.2. The van der Waals surface area contributed by atoms with Crippen LogP contribution in [0.2, 0.25) is 5.15 Å². The third kappa shape index (κ3) is 3.76. The number of rotatable bonds is 3. The summed E-state index contributed by atoms with van der Waals surface area (Å²) < 4.78 is 0. The zero-order valence-electron chi connectivity index (χ0n) is 12.4. The van der Waals surface area contributed by atoms with E-state index in [4.69, 9.17) is 11.6 Å². The molecule has 4 heteroatoms. The molecule has 0 unspecified atom stereocenters. The maximum absolute atomic E-state index is 6.10. The minimum Gasteiger partial charge on any atom is -0.261 e. The molecular weight excluding hydrogens is 270 g/mol. The normalized spacial score (nSPS) is 11.7. The highest BCUT2D eigenvalue weighted by atomic mass is 35.5. The van der Waals surface area contributed by atoms with Crippen molar-refractivity contribution in [3.63, 3.8) is 0 Å². The smallest absolute Gasteiger partial charge is 0.135 e. The van der Waals surface area contributed by atoms with Crippen molar-refractivity contribution in [1.82, 2.24) is 15.0 Å². The molecule has 0 aliphatic carbocycles. The Morgan fingerprint density at radius 2 is 1.85 bits per heavy atom. The maximum Gasteiger partial charge on any atom is 0.135 e. The van der Waals surface area contributed by atoms with E-state index in [0.717, 1.165) is 23.6 Å². The molecule has 2 aromatic heterocycles. The third-order valence-electron chi connectivity index (χ3n) is 3.08. The van der Waals surface area contributed by atoms with Gasteiger partial charge in [-0.3, -0.25) is 4.98 Å². The van der Waals surface area contributed by atoms with Crippen molar-refractivity contribution in [3.05, 3.63) is 52.3 Å². The number of aromatic nitrogens is 3. The van der Waals surface area contributed by atoms with Crippen LogP contribution in [0.15, 0.2) is 24.4 Å². The van der Waals surface area contributed by atoms with Gasteiger partial charge in [0, 0.05) is 23.7 Å². The van der Waals surface area contributed by atoms with E-state index in [9.17, 15) is 0 Å². The van der Waals surface area contributed by atoms with E-state index in [1.54, 1.807) is 0 Å². The van der Waals surface area contributed by atoms with Crippen LogP contribution in [-0.2, 0) is 18.3 Å². The standard InChI is InChI=1S/C16H20ClN3/c1-5-11-6-7-12(18-10-11)8-13-9-14(17)20-15(19-13)16(2,3)4/h6-7,9-10H,5,8H2,1-4H3. The molecule has 0 aliphatic heterocycles. The average molecular weight is 290 g/mol. The molecule has 3 nitrogen and oxygen atoms in total. The van der Waals surface area contributed by atoms with Gasteiger partial charge in [0.25, 0.3) is 0 Å². The lowest BCUT2D eigenvalue weighted by Gasteiger charge is -2.17. The molecule has 0 aliphatic rings. The highest BCUT2D eigenvalue weighted by Crippen LogP contribution is 2.21. The molecule has 2 heterocycles. The zero-order chi connectivity index (χ0) is 14.8. The highest BCUT2D eigenvalue weighted by molar-refractivity contribution is 6.29. The Morgan fingerprint density at radius 1 is 1.10 bits per heavy atom. The molecule has 20 heavy (non-hydrogen) atoms. The first-order valence-electron chi connectivity index (χ1n) is 6.86. The fourth-order valence-corrected chi connectivity index (χ4v) is 2.05. The molecule has 0 fully saturated rings. The van der Waals surface area contributed by atoms with Crippen molar-refractivity contribution in [2.45, 2.75) is 46.0 Å². The van der Waals surface area contributed by atoms with E-state index in [0.29, 0.717) is 11.6 Å². The van der Waals surface area contributed by atoms with Crippen LogP contribution >= 0.6 is 11.6 Å². The van der Waals surface area contributed by atoms with Gasteiger partial charge in [0.15, 0.2) is 0 Å².